The Bertz CT molecular complexity index is 383. The SMILES string of the molecule is CNC(=O)c1ccc(C(C)C)cc1C=O. The first-order valence-corrected chi connectivity index (χ1v) is 4.91. The van der Waals surface area contributed by atoms with Crippen LogP contribution in [0, 0.1) is 0 Å². The monoisotopic (exact) mass is 205 g/mol. The number of benzene rings is 1. The van der Waals surface area contributed by atoms with Crippen LogP contribution in [0.2, 0.25) is 0 Å². The molecule has 0 aliphatic heterocycles. The van der Waals surface area contributed by atoms with Crippen LogP contribution >= 0.6 is 0 Å². The van der Waals surface area contributed by atoms with E-state index >= 15 is 0 Å². The van der Waals surface area contributed by atoms with Crippen LogP contribution in [-0.4, -0.2) is 19.2 Å². The Hall–Kier alpha value is -1.64. The molecular weight excluding hydrogens is 190 g/mol. The predicted octanol–water partition coefficient (Wildman–Crippen LogP) is 1.98. The number of carbonyl (C=O) groups excluding carboxylic acids is 2. The van der Waals surface area contributed by atoms with Crippen molar-refractivity contribution in [3.63, 3.8) is 0 Å². The minimum Gasteiger partial charge on any atom is -0.355 e. The van der Waals surface area contributed by atoms with E-state index in [0.29, 0.717) is 17.0 Å². The number of carbonyl (C=O) groups is 2. The second kappa shape index (κ2) is 4.73. The van der Waals surface area contributed by atoms with Gasteiger partial charge in [0, 0.05) is 18.2 Å². The molecule has 0 saturated heterocycles. The summed E-state index contributed by atoms with van der Waals surface area (Å²) in [6.45, 7) is 4.09. The third-order valence-corrected chi connectivity index (χ3v) is 2.34. The molecule has 80 valence electrons. The zero-order valence-corrected chi connectivity index (χ0v) is 9.20. The van der Waals surface area contributed by atoms with Crippen molar-refractivity contribution in [1.29, 1.82) is 0 Å². The maximum atomic E-state index is 11.4. The summed E-state index contributed by atoms with van der Waals surface area (Å²) in [5.41, 5.74) is 1.93. The van der Waals surface area contributed by atoms with Gasteiger partial charge in [-0.05, 0) is 23.6 Å². The van der Waals surface area contributed by atoms with E-state index in [1.807, 2.05) is 19.9 Å². The summed E-state index contributed by atoms with van der Waals surface area (Å²) in [4.78, 5) is 22.2. The molecule has 3 heteroatoms. The Morgan fingerprint density at radius 2 is 2.07 bits per heavy atom. The average molecular weight is 205 g/mol. The third-order valence-electron chi connectivity index (χ3n) is 2.34. The minimum absolute atomic E-state index is 0.229. The number of nitrogens with one attached hydrogen (secondary N) is 1. The van der Waals surface area contributed by atoms with E-state index < -0.39 is 0 Å². The normalized spacial score (nSPS) is 10.1. The molecule has 0 unspecified atom stereocenters. The van der Waals surface area contributed by atoms with E-state index in [1.165, 1.54) is 0 Å². The second-order valence-electron chi connectivity index (χ2n) is 3.70. The van der Waals surface area contributed by atoms with Crippen molar-refractivity contribution in [3.05, 3.63) is 34.9 Å². The number of amides is 1. The average Bonchev–Trinajstić information content (AvgIpc) is 2.27. The maximum Gasteiger partial charge on any atom is 0.251 e. The molecule has 3 nitrogen and oxygen atoms in total. The molecule has 0 aromatic heterocycles. The first-order valence-electron chi connectivity index (χ1n) is 4.91. The lowest BCUT2D eigenvalue weighted by Gasteiger charge is -2.08. The fourth-order valence-corrected chi connectivity index (χ4v) is 1.38. The molecule has 0 heterocycles. The van der Waals surface area contributed by atoms with Crippen molar-refractivity contribution in [2.24, 2.45) is 0 Å². The topological polar surface area (TPSA) is 46.2 Å². The van der Waals surface area contributed by atoms with Gasteiger partial charge in [0.05, 0.1) is 0 Å². The highest BCUT2D eigenvalue weighted by atomic mass is 16.1. The Morgan fingerprint density at radius 1 is 1.40 bits per heavy atom. The lowest BCUT2D eigenvalue weighted by atomic mass is 9.97. The summed E-state index contributed by atoms with van der Waals surface area (Å²) in [5.74, 6) is 0.120. The van der Waals surface area contributed by atoms with Gasteiger partial charge in [-0.2, -0.15) is 0 Å². The third kappa shape index (κ3) is 2.43. The summed E-state index contributed by atoms with van der Waals surface area (Å²) < 4.78 is 0. The van der Waals surface area contributed by atoms with Gasteiger partial charge in [-0.25, -0.2) is 0 Å². The lowest BCUT2D eigenvalue weighted by molar-refractivity contribution is 0.0957. The van der Waals surface area contributed by atoms with Gasteiger partial charge in [-0.3, -0.25) is 9.59 Å². The predicted molar refractivity (Wildman–Crippen MR) is 59.3 cm³/mol. The van der Waals surface area contributed by atoms with Gasteiger partial charge < -0.3 is 5.32 Å². The lowest BCUT2D eigenvalue weighted by Crippen LogP contribution is -2.19. The van der Waals surface area contributed by atoms with Crippen molar-refractivity contribution in [3.8, 4) is 0 Å². The fourth-order valence-electron chi connectivity index (χ4n) is 1.38. The van der Waals surface area contributed by atoms with Crippen LogP contribution in [0.25, 0.3) is 0 Å². The molecule has 1 N–H and O–H groups in total. The van der Waals surface area contributed by atoms with E-state index in [1.54, 1.807) is 19.2 Å². The smallest absolute Gasteiger partial charge is 0.251 e. The first-order chi connectivity index (χ1) is 7.10. The number of aldehydes is 1. The minimum atomic E-state index is -0.229. The van der Waals surface area contributed by atoms with Gasteiger partial charge in [0.1, 0.15) is 0 Å². The molecular formula is C12H15NO2. The Labute approximate surface area is 89.5 Å². The summed E-state index contributed by atoms with van der Waals surface area (Å²) in [6, 6.07) is 5.34. The molecule has 1 rings (SSSR count). The van der Waals surface area contributed by atoms with Crippen molar-refractivity contribution >= 4 is 12.2 Å². The van der Waals surface area contributed by atoms with Gasteiger partial charge in [0.25, 0.3) is 5.91 Å². The van der Waals surface area contributed by atoms with Crippen molar-refractivity contribution in [1.82, 2.24) is 5.32 Å². The molecule has 0 aliphatic carbocycles. The van der Waals surface area contributed by atoms with Gasteiger partial charge in [-0.15, -0.1) is 0 Å². The van der Waals surface area contributed by atoms with Gasteiger partial charge in [0.2, 0.25) is 0 Å². The Balaban J connectivity index is 3.20. The molecule has 0 spiro atoms. The number of hydrogen-bond donors (Lipinski definition) is 1. The Kier molecular flexibility index (Phi) is 3.61. The van der Waals surface area contributed by atoms with Crippen LogP contribution in [0.4, 0.5) is 0 Å². The summed E-state index contributed by atoms with van der Waals surface area (Å²) in [5, 5.41) is 2.51. The summed E-state index contributed by atoms with van der Waals surface area (Å²) >= 11 is 0. The molecule has 1 aromatic carbocycles. The molecule has 1 aromatic rings. The number of rotatable bonds is 3. The molecule has 0 atom stereocenters. The van der Waals surface area contributed by atoms with Crippen LogP contribution in [0.1, 0.15) is 46.0 Å². The van der Waals surface area contributed by atoms with Crippen LogP contribution in [0.15, 0.2) is 18.2 Å². The zero-order valence-electron chi connectivity index (χ0n) is 9.20. The molecule has 0 radical (unpaired) electrons. The van der Waals surface area contributed by atoms with Crippen molar-refractivity contribution in [2.75, 3.05) is 7.05 Å². The zero-order chi connectivity index (χ0) is 11.4. The van der Waals surface area contributed by atoms with Crippen LogP contribution in [0.3, 0.4) is 0 Å². The molecule has 0 bridgehead atoms. The molecule has 0 saturated carbocycles. The standard InChI is InChI=1S/C12H15NO2/c1-8(2)9-4-5-11(12(15)13-3)10(6-9)7-14/h4-8H,1-3H3,(H,13,15). The van der Waals surface area contributed by atoms with Gasteiger partial charge >= 0.3 is 0 Å². The second-order valence-corrected chi connectivity index (χ2v) is 3.70. The molecule has 15 heavy (non-hydrogen) atoms. The summed E-state index contributed by atoms with van der Waals surface area (Å²) in [6.07, 6.45) is 0.719. The fraction of sp³-hybridized carbons (Fsp3) is 0.333. The maximum absolute atomic E-state index is 11.4. The van der Waals surface area contributed by atoms with Gasteiger partial charge in [-0.1, -0.05) is 19.9 Å². The van der Waals surface area contributed by atoms with E-state index in [-0.39, 0.29) is 5.91 Å². The van der Waals surface area contributed by atoms with Crippen molar-refractivity contribution in [2.45, 2.75) is 19.8 Å². The highest BCUT2D eigenvalue weighted by Crippen LogP contribution is 2.17. The van der Waals surface area contributed by atoms with Crippen LogP contribution in [0.5, 0.6) is 0 Å². The van der Waals surface area contributed by atoms with E-state index in [9.17, 15) is 9.59 Å². The van der Waals surface area contributed by atoms with E-state index in [4.69, 9.17) is 0 Å². The highest BCUT2D eigenvalue weighted by Gasteiger charge is 2.10. The van der Waals surface area contributed by atoms with Crippen molar-refractivity contribution < 1.29 is 9.59 Å². The summed E-state index contributed by atoms with van der Waals surface area (Å²) in [7, 11) is 1.55. The van der Waals surface area contributed by atoms with Gasteiger partial charge in [0.15, 0.2) is 6.29 Å². The van der Waals surface area contributed by atoms with Crippen LogP contribution < -0.4 is 5.32 Å². The molecule has 0 aliphatic rings. The van der Waals surface area contributed by atoms with E-state index in [2.05, 4.69) is 5.32 Å². The first kappa shape index (κ1) is 11.4. The largest absolute Gasteiger partial charge is 0.355 e. The molecule has 0 fully saturated rings. The highest BCUT2D eigenvalue weighted by molar-refractivity contribution is 6.01. The molecule has 1 amide bonds. The number of hydrogen-bond acceptors (Lipinski definition) is 2. The van der Waals surface area contributed by atoms with E-state index in [0.717, 1.165) is 11.8 Å². The quantitative estimate of drug-likeness (QED) is 0.767. The van der Waals surface area contributed by atoms with Crippen LogP contribution in [-0.2, 0) is 0 Å². The Morgan fingerprint density at radius 3 is 2.53 bits per heavy atom.